The van der Waals surface area contributed by atoms with Crippen molar-refractivity contribution in [3.63, 3.8) is 0 Å². The highest BCUT2D eigenvalue weighted by Gasteiger charge is 2.31. The van der Waals surface area contributed by atoms with Crippen LogP contribution in [0.2, 0.25) is 0 Å². The third kappa shape index (κ3) is 2.19. The predicted molar refractivity (Wildman–Crippen MR) is 59.7 cm³/mol. The van der Waals surface area contributed by atoms with Gasteiger partial charge in [-0.1, -0.05) is 30.3 Å². The Bertz CT molecular complexity index is 490. The van der Waals surface area contributed by atoms with Crippen molar-refractivity contribution in [3.05, 3.63) is 41.7 Å². The van der Waals surface area contributed by atoms with E-state index in [1.807, 2.05) is 11.4 Å². The minimum Gasteiger partial charge on any atom is -0.404 e. The van der Waals surface area contributed by atoms with Crippen molar-refractivity contribution in [2.45, 2.75) is 13.0 Å². The summed E-state index contributed by atoms with van der Waals surface area (Å²) in [5.41, 5.74) is 0.941. The molecule has 1 aliphatic rings. The normalized spacial score (nSPS) is 19.6. The summed E-state index contributed by atoms with van der Waals surface area (Å²) in [6.07, 6.45) is -1.73. The number of aliphatic hydroxyl groups is 1. The molecule has 0 radical (unpaired) electrons. The molecule has 1 aliphatic heterocycles. The Balaban J connectivity index is 2.53. The maximum Gasteiger partial charge on any atom is 0.419 e. The number of aliphatic hydroxyl groups excluding tert-OH is 1. The first-order valence-corrected chi connectivity index (χ1v) is 5.10. The first-order chi connectivity index (χ1) is 8.09. The lowest BCUT2D eigenvalue weighted by atomic mass is 10.00. The molecule has 2 N–H and O–H groups in total. The lowest BCUT2D eigenvalue weighted by Gasteiger charge is -2.11. The van der Waals surface area contributed by atoms with E-state index >= 15 is 0 Å². The van der Waals surface area contributed by atoms with Gasteiger partial charge in [-0.15, -0.1) is 0 Å². The maximum absolute atomic E-state index is 11.5. The smallest absolute Gasteiger partial charge is 0.404 e. The molecule has 5 nitrogen and oxygen atoms in total. The van der Waals surface area contributed by atoms with Crippen molar-refractivity contribution in [3.8, 4) is 0 Å². The average molecular weight is 233 g/mol. The van der Waals surface area contributed by atoms with Gasteiger partial charge in [-0.2, -0.15) is 0 Å². The molecule has 17 heavy (non-hydrogen) atoms. The Labute approximate surface area is 97.7 Å². The fourth-order valence-corrected chi connectivity index (χ4v) is 1.67. The number of ether oxygens (including phenoxy) is 1. The first-order valence-electron chi connectivity index (χ1n) is 5.10. The van der Waals surface area contributed by atoms with Gasteiger partial charge >= 0.3 is 6.09 Å². The number of rotatable bonds is 2. The highest BCUT2D eigenvalue weighted by molar-refractivity contribution is 6.12. The zero-order valence-corrected chi connectivity index (χ0v) is 9.14. The van der Waals surface area contributed by atoms with E-state index in [9.17, 15) is 14.7 Å². The Hall–Kier alpha value is -2.14. The fourth-order valence-electron chi connectivity index (χ4n) is 1.67. The average Bonchev–Trinajstić information content (AvgIpc) is 2.59. The number of imide groups is 1. The van der Waals surface area contributed by atoms with Gasteiger partial charge in [0.25, 0.3) is 5.91 Å². The van der Waals surface area contributed by atoms with E-state index in [0.717, 1.165) is 0 Å². The SMILES string of the molecule is C[C@@H](O)/C(=C1\OC(=O)NC1=O)c1ccccc1. The van der Waals surface area contributed by atoms with Gasteiger partial charge in [-0.3, -0.25) is 10.1 Å². The molecule has 0 bridgehead atoms. The van der Waals surface area contributed by atoms with Crippen molar-refractivity contribution in [1.82, 2.24) is 5.32 Å². The van der Waals surface area contributed by atoms with Gasteiger partial charge in [0.05, 0.1) is 6.10 Å². The van der Waals surface area contributed by atoms with Crippen molar-refractivity contribution >= 4 is 17.6 Å². The maximum atomic E-state index is 11.5. The number of cyclic esters (lactones) is 1. The van der Waals surface area contributed by atoms with E-state index in [1.54, 1.807) is 24.3 Å². The van der Waals surface area contributed by atoms with Crippen LogP contribution in [0.15, 0.2) is 36.1 Å². The molecule has 0 unspecified atom stereocenters. The van der Waals surface area contributed by atoms with Crippen molar-refractivity contribution in [2.75, 3.05) is 0 Å². The van der Waals surface area contributed by atoms with E-state index in [2.05, 4.69) is 0 Å². The van der Waals surface area contributed by atoms with Crippen LogP contribution in [0.3, 0.4) is 0 Å². The molecule has 1 fully saturated rings. The van der Waals surface area contributed by atoms with E-state index in [-0.39, 0.29) is 5.76 Å². The number of hydrogen-bond donors (Lipinski definition) is 2. The number of carbonyl (C=O) groups excluding carboxylic acids is 2. The summed E-state index contributed by atoms with van der Waals surface area (Å²) in [6.45, 7) is 1.51. The van der Waals surface area contributed by atoms with Crippen molar-refractivity contribution in [2.24, 2.45) is 0 Å². The quantitative estimate of drug-likeness (QED) is 0.748. The molecule has 1 aromatic rings. The van der Waals surface area contributed by atoms with Crippen LogP contribution in [0.25, 0.3) is 5.57 Å². The van der Waals surface area contributed by atoms with Crippen LogP contribution < -0.4 is 5.32 Å². The summed E-state index contributed by atoms with van der Waals surface area (Å²) in [7, 11) is 0. The van der Waals surface area contributed by atoms with Crippen LogP contribution >= 0.6 is 0 Å². The van der Waals surface area contributed by atoms with E-state index in [1.165, 1.54) is 6.92 Å². The van der Waals surface area contributed by atoms with E-state index < -0.39 is 18.1 Å². The van der Waals surface area contributed by atoms with Crippen molar-refractivity contribution in [1.29, 1.82) is 0 Å². The summed E-state index contributed by atoms with van der Waals surface area (Å²) >= 11 is 0. The third-order valence-corrected chi connectivity index (χ3v) is 2.36. The number of carbonyl (C=O) groups is 2. The molecule has 5 heteroatoms. The predicted octanol–water partition coefficient (Wildman–Crippen LogP) is 1.04. The van der Waals surface area contributed by atoms with Crippen molar-refractivity contribution < 1.29 is 19.4 Å². The van der Waals surface area contributed by atoms with Gasteiger partial charge < -0.3 is 9.84 Å². The molecule has 0 aromatic heterocycles. The summed E-state index contributed by atoms with van der Waals surface area (Å²) in [4.78, 5) is 22.4. The molecule has 1 aromatic carbocycles. The molecule has 2 amide bonds. The van der Waals surface area contributed by atoms with Gasteiger partial charge in [0, 0.05) is 5.57 Å². The standard InChI is InChI=1S/C12H11NO4/c1-7(14)9(8-5-3-2-4-6-8)10-11(15)13-12(16)17-10/h2-7,14H,1H3,(H,13,15,16)/b10-9+/t7-/m1/s1. The van der Waals surface area contributed by atoms with Gasteiger partial charge in [-0.25, -0.2) is 4.79 Å². The van der Waals surface area contributed by atoms with Gasteiger partial charge in [0.2, 0.25) is 5.76 Å². The molecule has 1 heterocycles. The summed E-state index contributed by atoms with van der Waals surface area (Å²) < 4.78 is 4.77. The fraction of sp³-hybridized carbons (Fsp3) is 0.167. The zero-order valence-electron chi connectivity index (χ0n) is 9.14. The lowest BCUT2D eigenvalue weighted by molar-refractivity contribution is -0.116. The van der Waals surface area contributed by atoms with Crippen LogP contribution in [-0.4, -0.2) is 23.2 Å². The number of amides is 2. The van der Waals surface area contributed by atoms with Crippen LogP contribution in [0, 0.1) is 0 Å². The van der Waals surface area contributed by atoms with Crippen LogP contribution in [0.4, 0.5) is 4.79 Å². The minimum atomic E-state index is -0.913. The highest BCUT2D eigenvalue weighted by Crippen LogP contribution is 2.25. The van der Waals surface area contributed by atoms with Gasteiger partial charge in [0.15, 0.2) is 0 Å². The van der Waals surface area contributed by atoms with Crippen LogP contribution in [0.5, 0.6) is 0 Å². The largest absolute Gasteiger partial charge is 0.419 e. The Morgan fingerprint density at radius 3 is 2.41 bits per heavy atom. The molecule has 1 atom stereocenters. The molecule has 0 aliphatic carbocycles. The number of benzene rings is 1. The summed E-state index contributed by atoms with van der Waals surface area (Å²) in [6, 6.07) is 8.82. The number of hydrogen-bond acceptors (Lipinski definition) is 4. The molecular weight excluding hydrogens is 222 g/mol. The molecule has 0 saturated carbocycles. The Morgan fingerprint density at radius 2 is 1.94 bits per heavy atom. The molecule has 1 saturated heterocycles. The topological polar surface area (TPSA) is 75.6 Å². The Morgan fingerprint density at radius 1 is 1.29 bits per heavy atom. The third-order valence-electron chi connectivity index (χ3n) is 2.36. The summed E-state index contributed by atoms with van der Waals surface area (Å²) in [5, 5.41) is 11.7. The molecule has 2 rings (SSSR count). The molecule has 88 valence electrons. The second-order valence-electron chi connectivity index (χ2n) is 3.63. The summed E-state index contributed by atoms with van der Waals surface area (Å²) in [5.74, 6) is -0.772. The van der Waals surface area contributed by atoms with Gasteiger partial charge in [0.1, 0.15) is 0 Å². The van der Waals surface area contributed by atoms with E-state index in [0.29, 0.717) is 11.1 Å². The minimum absolute atomic E-state index is 0.142. The second-order valence-corrected chi connectivity index (χ2v) is 3.63. The molecular formula is C12H11NO4. The number of alkyl carbamates (subject to hydrolysis) is 1. The highest BCUT2D eigenvalue weighted by atomic mass is 16.6. The second kappa shape index (κ2) is 4.39. The van der Waals surface area contributed by atoms with Crippen LogP contribution in [-0.2, 0) is 9.53 Å². The van der Waals surface area contributed by atoms with Gasteiger partial charge in [-0.05, 0) is 12.5 Å². The lowest BCUT2D eigenvalue weighted by Crippen LogP contribution is -2.19. The Kier molecular flexibility index (Phi) is 2.93. The molecule has 0 spiro atoms. The first kappa shape index (κ1) is 11.3. The zero-order chi connectivity index (χ0) is 12.4. The van der Waals surface area contributed by atoms with E-state index in [4.69, 9.17) is 4.74 Å². The number of nitrogens with one attached hydrogen (secondary N) is 1. The van der Waals surface area contributed by atoms with Crippen LogP contribution in [0.1, 0.15) is 12.5 Å². The monoisotopic (exact) mass is 233 g/mol.